The lowest BCUT2D eigenvalue weighted by atomic mass is 10.0. The van der Waals surface area contributed by atoms with Gasteiger partial charge in [-0.15, -0.1) is 0 Å². The molecule has 2 nitrogen and oxygen atoms in total. The molecule has 1 aromatic carbocycles. The highest BCUT2D eigenvalue weighted by atomic mass is 19.4. The lowest BCUT2D eigenvalue weighted by molar-refractivity contribution is -0.139. The monoisotopic (exact) mass is 219 g/mol. The average Bonchev–Trinajstić information content (AvgIpc) is 2.10. The molecule has 0 aliphatic heterocycles. The Bertz CT molecular complexity index is 360. The maximum absolute atomic E-state index is 12.6. The molecule has 0 amide bonds. The number of nitrogens with two attached hydrogens (primary N) is 1. The third kappa shape index (κ3) is 2.34. The van der Waals surface area contributed by atoms with Gasteiger partial charge in [0.15, 0.2) is 5.75 Å². The number of phenolic OH excluding ortho intramolecular Hbond substituents is 1. The number of anilines is 1. The topological polar surface area (TPSA) is 46.2 Å². The first-order chi connectivity index (χ1) is 6.88. The van der Waals surface area contributed by atoms with E-state index in [1.165, 1.54) is 12.1 Å². The number of benzene rings is 1. The fraction of sp³-hybridized carbons (Fsp3) is 0.400. The summed E-state index contributed by atoms with van der Waals surface area (Å²) in [4.78, 5) is 0. The van der Waals surface area contributed by atoms with Gasteiger partial charge in [-0.2, -0.15) is 13.2 Å². The summed E-state index contributed by atoms with van der Waals surface area (Å²) in [5, 5.41) is 9.30. The van der Waals surface area contributed by atoms with Crippen LogP contribution < -0.4 is 5.73 Å². The van der Waals surface area contributed by atoms with Crippen molar-refractivity contribution < 1.29 is 18.3 Å². The molecular formula is C10H12F3NO. The van der Waals surface area contributed by atoms with Gasteiger partial charge in [-0.3, -0.25) is 0 Å². The minimum atomic E-state index is -4.57. The predicted octanol–water partition coefficient (Wildman–Crippen LogP) is 2.95. The molecule has 0 spiro atoms. The van der Waals surface area contributed by atoms with Crippen LogP contribution in [-0.2, 0) is 12.6 Å². The Labute approximate surface area is 85.5 Å². The minimum absolute atomic E-state index is 0.0803. The molecule has 5 heteroatoms. The molecular weight excluding hydrogens is 207 g/mol. The molecule has 0 saturated heterocycles. The molecule has 1 aromatic rings. The number of alkyl halides is 3. The Morgan fingerprint density at radius 1 is 1.33 bits per heavy atom. The van der Waals surface area contributed by atoms with Crippen molar-refractivity contribution in [3.63, 3.8) is 0 Å². The highest BCUT2D eigenvalue weighted by Gasteiger charge is 2.37. The van der Waals surface area contributed by atoms with Crippen LogP contribution in [0, 0.1) is 0 Å². The molecule has 0 bridgehead atoms. The molecule has 0 saturated carbocycles. The number of rotatable bonds is 2. The molecule has 0 aliphatic rings. The van der Waals surface area contributed by atoms with Crippen molar-refractivity contribution in [2.45, 2.75) is 25.9 Å². The highest BCUT2D eigenvalue weighted by molar-refractivity contribution is 5.59. The van der Waals surface area contributed by atoms with Crippen molar-refractivity contribution in [2.75, 3.05) is 5.73 Å². The van der Waals surface area contributed by atoms with E-state index in [-0.39, 0.29) is 17.7 Å². The zero-order chi connectivity index (χ0) is 11.6. The van der Waals surface area contributed by atoms with Crippen molar-refractivity contribution in [2.24, 2.45) is 0 Å². The molecule has 0 heterocycles. The smallest absolute Gasteiger partial charge is 0.420 e. The first-order valence-electron chi connectivity index (χ1n) is 4.55. The van der Waals surface area contributed by atoms with Gasteiger partial charge < -0.3 is 10.8 Å². The number of nitrogen functional groups attached to an aromatic ring is 1. The van der Waals surface area contributed by atoms with Gasteiger partial charge in [0.1, 0.15) is 5.56 Å². The Kier molecular flexibility index (Phi) is 3.12. The van der Waals surface area contributed by atoms with Crippen LogP contribution in [0.1, 0.15) is 24.5 Å². The lowest BCUT2D eigenvalue weighted by Crippen LogP contribution is -2.10. The van der Waals surface area contributed by atoms with E-state index in [1.807, 2.05) is 0 Å². The highest BCUT2D eigenvalue weighted by Crippen LogP contribution is 2.41. The standard InChI is InChI=1S/C10H12F3NO/c1-2-3-6-4-5-7(14)9(15)8(6)10(11,12)13/h4-5,15H,2-3,14H2,1H3. The number of aryl methyl sites for hydroxylation is 1. The van der Waals surface area contributed by atoms with Gasteiger partial charge in [0.05, 0.1) is 5.69 Å². The zero-order valence-electron chi connectivity index (χ0n) is 8.23. The van der Waals surface area contributed by atoms with Gasteiger partial charge in [-0.25, -0.2) is 0 Å². The van der Waals surface area contributed by atoms with Crippen molar-refractivity contribution in [3.8, 4) is 5.75 Å². The summed E-state index contributed by atoms with van der Waals surface area (Å²) in [7, 11) is 0. The molecule has 1 rings (SSSR count). The van der Waals surface area contributed by atoms with Crippen molar-refractivity contribution in [3.05, 3.63) is 23.3 Å². The molecule has 0 unspecified atom stereocenters. The Morgan fingerprint density at radius 3 is 2.40 bits per heavy atom. The normalized spacial score (nSPS) is 11.7. The predicted molar refractivity (Wildman–Crippen MR) is 51.5 cm³/mol. The van der Waals surface area contributed by atoms with E-state index in [4.69, 9.17) is 5.73 Å². The van der Waals surface area contributed by atoms with E-state index in [0.717, 1.165) is 0 Å². The van der Waals surface area contributed by atoms with Gasteiger partial charge in [-0.1, -0.05) is 19.4 Å². The van der Waals surface area contributed by atoms with E-state index in [2.05, 4.69) is 0 Å². The van der Waals surface area contributed by atoms with Crippen molar-refractivity contribution >= 4 is 5.69 Å². The minimum Gasteiger partial charge on any atom is -0.505 e. The summed E-state index contributed by atoms with van der Waals surface area (Å²) in [6.45, 7) is 1.77. The summed E-state index contributed by atoms with van der Waals surface area (Å²) >= 11 is 0. The van der Waals surface area contributed by atoms with Crippen LogP contribution in [-0.4, -0.2) is 5.11 Å². The second-order valence-corrected chi connectivity index (χ2v) is 3.29. The molecule has 3 N–H and O–H groups in total. The fourth-order valence-corrected chi connectivity index (χ4v) is 1.44. The zero-order valence-corrected chi connectivity index (χ0v) is 8.23. The molecule has 0 atom stereocenters. The van der Waals surface area contributed by atoms with Crippen LogP contribution in [0.15, 0.2) is 12.1 Å². The van der Waals surface area contributed by atoms with Gasteiger partial charge >= 0.3 is 6.18 Å². The molecule has 84 valence electrons. The third-order valence-electron chi connectivity index (χ3n) is 2.10. The van der Waals surface area contributed by atoms with E-state index in [1.54, 1.807) is 6.92 Å². The summed E-state index contributed by atoms with van der Waals surface area (Å²) in [6.07, 6.45) is -3.72. The number of hydrogen-bond acceptors (Lipinski definition) is 2. The average molecular weight is 219 g/mol. The molecule has 0 fully saturated rings. The van der Waals surface area contributed by atoms with E-state index in [9.17, 15) is 18.3 Å². The van der Waals surface area contributed by atoms with Crippen molar-refractivity contribution in [1.29, 1.82) is 0 Å². The van der Waals surface area contributed by atoms with E-state index in [0.29, 0.717) is 6.42 Å². The molecule has 0 radical (unpaired) electrons. The summed E-state index contributed by atoms with van der Waals surface area (Å²) in [5.41, 5.74) is 4.05. The van der Waals surface area contributed by atoms with Gasteiger partial charge in [0, 0.05) is 0 Å². The SMILES string of the molecule is CCCc1ccc(N)c(O)c1C(F)(F)F. The second kappa shape index (κ2) is 4.00. The molecule has 15 heavy (non-hydrogen) atoms. The van der Waals surface area contributed by atoms with Crippen LogP contribution in [0.2, 0.25) is 0 Å². The van der Waals surface area contributed by atoms with E-state index >= 15 is 0 Å². The maximum Gasteiger partial charge on any atom is 0.420 e. The fourth-order valence-electron chi connectivity index (χ4n) is 1.44. The Morgan fingerprint density at radius 2 is 1.93 bits per heavy atom. The van der Waals surface area contributed by atoms with Crippen LogP contribution in [0.4, 0.5) is 18.9 Å². The lowest BCUT2D eigenvalue weighted by Gasteiger charge is -2.15. The largest absolute Gasteiger partial charge is 0.505 e. The molecule has 0 aromatic heterocycles. The van der Waals surface area contributed by atoms with Crippen molar-refractivity contribution in [1.82, 2.24) is 0 Å². The number of halogens is 3. The van der Waals surface area contributed by atoms with Gasteiger partial charge in [-0.05, 0) is 18.1 Å². The third-order valence-corrected chi connectivity index (χ3v) is 2.10. The van der Waals surface area contributed by atoms with Crippen LogP contribution >= 0.6 is 0 Å². The first-order valence-corrected chi connectivity index (χ1v) is 4.55. The van der Waals surface area contributed by atoms with Crippen LogP contribution in [0.25, 0.3) is 0 Å². The molecule has 0 aliphatic carbocycles. The number of hydrogen-bond donors (Lipinski definition) is 2. The summed E-state index contributed by atoms with van der Waals surface area (Å²) < 4.78 is 37.8. The Balaban J connectivity index is 3.35. The van der Waals surface area contributed by atoms with Gasteiger partial charge in [0.2, 0.25) is 0 Å². The van der Waals surface area contributed by atoms with E-state index < -0.39 is 17.5 Å². The summed E-state index contributed by atoms with van der Waals surface area (Å²) in [6, 6.07) is 2.59. The van der Waals surface area contributed by atoms with Crippen LogP contribution in [0.5, 0.6) is 5.75 Å². The van der Waals surface area contributed by atoms with Crippen LogP contribution in [0.3, 0.4) is 0 Å². The first kappa shape index (κ1) is 11.7. The number of phenols is 1. The number of aromatic hydroxyl groups is 1. The van der Waals surface area contributed by atoms with Gasteiger partial charge in [0.25, 0.3) is 0 Å². The quantitative estimate of drug-likeness (QED) is 0.593. The Hall–Kier alpha value is -1.39. The second-order valence-electron chi connectivity index (χ2n) is 3.29. The maximum atomic E-state index is 12.6. The summed E-state index contributed by atoms with van der Waals surface area (Å²) in [5.74, 6) is -0.867.